The highest BCUT2D eigenvalue weighted by atomic mass is 16.6. The first kappa shape index (κ1) is 78.8. The summed E-state index contributed by atoms with van der Waals surface area (Å²) in [5, 5.41) is 0. The SMILES string of the molecule is CC/C=C\C/C=C\C/C=C\C/C=C\C/C=C\C/C=C\CCC(=O)OC(COC(=O)CCCCCCCCCCCCCCCCCC)COC(=O)CCCCCCCCCCCCCCCCCCCCCCCCCCCCCCC. The fourth-order valence-corrected chi connectivity index (χ4v) is 10.7. The number of hydrogen-bond donors (Lipinski definition) is 0. The summed E-state index contributed by atoms with van der Waals surface area (Å²) in [4.78, 5) is 38.4. The highest BCUT2D eigenvalue weighted by Crippen LogP contribution is 2.19. The van der Waals surface area contributed by atoms with Crippen molar-refractivity contribution in [1.82, 2.24) is 0 Å². The maximum absolute atomic E-state index is 12.9. The first-order chi connectivity index (χ1) is 40.5. The lowest BCUT2D eigenvalue weighted by Crippen LogP contribution is -2.30. The number of carbonyl (C=O) groups excluding carboxylic acids is 3. The van der Waals surface area contributed by atoms with Crippen molar-refractivity contribution in [2.45, 2.75) is 380 Å². The molecule has 0 saturated heterocycles. The Bertz CT molecular complexity index is 1500. The van der Waals surface area contributed by atoms with Crippen molar-refractivity contribution in [3.8, 4) is 0 Å². The Morgan fingerprint density at radius 1 is 0.256 bits per heavy atom. The molecule has 0 aliphatic carbocycles. The molecule has 0 aromatic heterocycles. The predicted octanol–water partition coefficient (Wildman–Crippen LogP) is 24.8. The summed E-state index contributed by atoms with van der Waals surface area (Å²) in [5.74, 6) is -0.962. The molecule has 82 heavy (non-hydrogen) atoms. The van der Waals surface area contributed by atoms with Gasteiger partial charge >= 0.3 is 17.9 Å². The molecule has 0 aliphatic rings. The second-order valence-corrected chi connectivity index (χ2v) is 24.1. The van der Waals surface area contributed by atoms with Crippen molar-refractivity contribution >= 4 is 17.9 Å². The van der Waals surface area contributed by atoms with Gasteiger partial charge in [-0.25, -0.2) is 0 Å². The first-order valence-corrected chi connectivity index (χ1v) is 35.9. The first-order valence-electron chi connectivity index (χ1n) is 35.9. The quantitative estimate of drug-likeness (QED) is 0.0261. The summed E-state index contributed by atoms with van der Waals surface area (Å²) in [6, 6.07) is 0. The second-order valence-electron chi connectivity index (χ2n) is 24.1. The van der Waals surface area contributed by atoms with E-state index in [1.54, 1.807) is 0 Å². The van der Waals surface area contributed by atoms with Crippen molar-refractivity contribution in [2.75, 3.05) is 13.2 Å². The third-order valence-corrected chi connectivity index (χ3v) is 16.0. The largest absolute Gasteiger partial charge is 0.462 e. The van der Waals surface area contributed by atoms with E-state index >= 15 is 0 Å². The number of esters is 3. The van der Waals surface area contributed by atoms with Gasteiger partial charge in [0.25, 0.3) is 0 Å². The Hall–Kier alpha value is -3.15. The van der Waals surface area contributed by atoms with E-state index in [0.29, 0.717) is 19.3 Å². The fourth-order valence-electron chi connectivity index (χ4n) is 10.7. The van der Waals surface area contributed by atoms with Gasteiger partial charge < -0.3 is 14.2 Å². The van der Waals surface area contributed by atoms with Gasteiger partial charge in [0.2, 0.25) is 0 Å². The number of carbonyl (C=O) groups is 3. The minimum absolute atomic E-state index is 0.101. The van der Waals surface area contributed by atoms with Crippen molar-refractivity contribution in [3.63, 3.8) is 0 Å². The van der Waals surface area contributed by atoms with Crippen LogP contribution in [0.1, 0.15) is 374 Å². The minimum atomic E-state index is -0.815. The molecule has 1 atom stereocenters. The summed E-state index contributed by atoms with van der Waals surface area (Å²) in [5.41, 5.74) is 0. The average Bonchev–Trinajstić information content (AvgIpc) is 3.47. The summed E-state index contributed by atoms with van der Waals surface area (Å²) in [6.45, 7) is 6.53. The molecule has 0 heterocycles. The maximum Gasteiger partial charge on any atom is 0.306 e. The topological polar surface area (TPSA) is 78.9 Å². The third kappa shape index (κ3) is 67.6. The van der Waals surface area contributed by atoms with Crippen LogP contribution in [0.25, 0.3) is 0 Å². The number of ether oxygens (including phenoxy) is 3. The normalized spacial score (nSPS) is 12.5. The van der Waals surface area contributed by atoms with Gasteiger partial charge in [-0.3, -0.25) is 14.4 Å². The third-order valence-electron chi connectivity index (χ3n) is 16.0. The highest BCUT2D eigenvalue weighted by molar-refractivity contribution is 5.71. The molecule has 0 aromatic carbocycles. The van der Waals surface area contributed by atoms with Crippen LogP contribution in [0.3, 0.4) is 0 Å². The van der Waals surface area contributed by atoms with Crippen LogP contribution >= 0.6 is 0 Å². The smallest absolute Gasteiger partial charge is 0.306 e. The maximum atomic E-state index is 12.9. The lowest BCUT2D eigenvalue weighted by atomic mass is 10.0. The molecule has 0 fully saturated rings. The molecule has 0 bridgehead atoms. The lowest BCUT2D eigenvalue weighted by Gasteiger charge is -2.18. The fraction of sp³-hybridized carbons (Fsp3) is 0.803. The van der Waals surface area contributed by atoms with E-state index in [9.17, 15) is 14.4 Å². The summed E-state index contributed by atoms with van der Waals surface area (Å²) < 4.78 is 16.9. The van der Waals surface area contributed by atoms with Crippen LogP contribution in [-0.2, 0) is 28.6 Å². The van der Waals surface area contributed by atoms with Crippen molar-refractivity contribution in [1.29, 1.82) is 0 Å². The van der Waals surface area contributed by atoms with Crippen molar-refractivity contribution < 1.29 is 28.6 Å². The number of rotatable bonds is 66. The molecule has 0 saturated carbocycles. The Balaban J connectivity index is 4.30. The zero-order valence-electron chi connectivity index (χ0n) is 54.8. The Kier molecular flexibility index (Phi) is 67.6. The summed E-state index contributed by atoms with van der Waals surface area (Å²) in [6.07, 6.45) is 92.4. The van der Waals surface area contributed by atoms with E-state index in [4.69, 9.17) is 14.2 Å². The zero-order valence-corrected chi connectivity index (χ0v) is 54.8. The monoisotopic (exact) mass is 1150 g/mol. The molecule has 1 unspecified atom stereocenters. The highest BCUT2D eigenvalue weighted by Gasteiger charge is 2.19. The van der Waals surface area contributed by atoms with Gasteiger partial charge in [0.15, 0.2) is 6.10 Å². The van der Waals surface area contributed by atoms with Crippen LogP contribution in [0.4, 0.5) is 0 Å². The summed E-state index contributed by atoms with van der Waals surface area (Å²) >= 11 is 0. The van der Waals surface area contributed by atoms with Crippen LogP contribution in [0.15, 0.2) is 72.9 Å². The Morgan fingerprint density at radius 3 is 0.720 bits per heavy atom. The standard InChI is InChI=1S/C76H136O6/c1-4-7-10-13-16-19-22-25-28-31-33-34-35-36-37-38-39-40-41-42-44-45-48-51-54-57-60-63-66-69-75(78)81-72-73(71-80-74(77)68-65-62-59-56-53-50-47-30-27-24-21-18-15-12-9-6-3)82-76(79)70-67-64-61-58-55-52-49-46-43-32-29-26-23-20-17-14-11-8-5-2/h8,11,17,20,26,29,43,46,52,55,61,64,73H,4-7,9-10,12-16,18-19,21-25,27-28,30-42,44-45,47-51,53-54,56-60,62-63,65-72H2,1-3H3/b11-8-,20-17-,29-26-,46-43-,55-52-,64-61-. The molecule has 476 valence electrons. The molecule has 0 rings (SSSR count). The van der Waals surface area contributed by atoms with Gasteiger partial charge in [-0.15, -0.1) is 0 Å². The van der Waals surface area contributed by atoms with Gasteiger partial charge in [0, 0.05) is 19.3 Å². The molecule has 0 spiro atoms. The minimum Gasteiger partial charge on any atom is -0.462 e. The Morgan fingerprint density at radius 2 is 0.476 bits per heavy atom. The summed E-state index contributed by atoms with van der Waals surface area (Å²) in [7, 11) is 0. The van der Waals surface area contributed by atoms with Crippen LogP contribution in [0.5, 0.6) is 0 Å². The van der Waals surface area contributed by atoms with Gasteiger partial charge in [-0.1, -0.05) is 370 Å². The number of unbranched alkanes of at least 4 members (excludes halogenated alkanes) is 43. The molecular formula is C76H136O6. The van der Waals surface area contributed by atoms with E-state index in [-0.39, 0.29) is 37.5 Å². The van der Waals surface area contributed by atoms with Crippen LogP contribution < -0.4 is 0 Å². The molecule has 0 aromatic rings. The van der Waals surface area contributed by atoms with Gasteiger partial charge in [-0.05, 0) is 57.8 Å². The van der Waals surface area contributed by atoms with E-state index in [1.165, 1.54) is 250 Å². The zero-order chi connectivity index (χ0) is 59.2. The molecule has 0 amide bonds. The van der Waals surface area contributed by atoms with Crippen molar-refractivity contribution in [3.05, 3.63) is 72.9 Å². The van der Waals surface area contributed by atoms with Gasteiger partial charge in [0.05, 0.1) is 0 Å². The molecule has 6 nitrogen and oxygen atoms in total. The van der Waals surface area contributed by atoms with Crippen LogP contribution in [0, 0.1) is 0 Å². The van der Waals surface area contributed by atoms with Crippen molar-refractivity contribution in [2.24, 2.45) is 0 Å². The van der Waals surface area contributed by atoms with E-state index in [0.717, 1.165) is 77.0 Å². The number of hydrogen-bond acceptors (Lipinski definition) is 6. The molecule has 0 radical (unpaired) electrons. The van der Waals surface area contributed by atoms with Crippen LogP contribution in [-0.4, -0.2) is 37.2 Å². The lowest BCUT2D eigenvalue weighted by molar-refractivity contribution is -0.166. The van der Waals surface area contributed by atoms with Gasteiger partial charge in [-0.2, -0.15) is 0 Å². The molecular weight excluding hydrogens is 1010 g/mol. The number of allylic oxidation sites excluding steroid dienone is 12. The second kappa shape index (κ2) is 70.3. The van der Waals surface area contributed by atoms with Crippen LogP contribution in [0.2, 0.25) is 0 Å². The average molecular weight is 1150 g/mol. The van der Waals surface area contributed by atoms with E-state index < -0.39 is 6.10 Å². The molecule has 0 N–H and O–H groups in total. The Labute approximate surface area is 510 Å². The predicted molar refractivity (Wildman–Crippen MR) is 358 cm³/mol. The molecule has 0 aliphatic heterocycles. The van der Waals surface area contributed by atoms with E-state index in [2.05, 4.69) is 87.6 Å². The van der Waals surface area contributed by atoms with E-state index in [1.807, 2.05) is 6.08 Å². The van der Waals surface area contributed by atoms with Gasteiger partial charge in [0.1, 0.15) is 13.2 Å². The molecule has 6 heteroatoms.